The summed E-state index contributed by atoms with van der Waals surface area (Å²) in [6.45, 7) is 4.69. The Morgan fingerprint density at radius 2 is 2.12 bits per heavy atom. The molecule has 1 aromatic carbocycles. The molecule has 2 aromatic rings. The van der Waals surface area contributed by atoms with Crippen molar-refractivity contribution in [2.24, 2.45) is 0 Å². The molecule has 0 bridgehead atoms. The molecule has 26 heavy (non-hydrogen) atoms. The van der Waals surface area contributed by atoms with E-state index in [-0.39, 0.29) is 24.5 Å². The van der Waals surface area contributed by atoms with E-state index in [0.29, 0.717) is 18.8 Å². The average Bonchev–Trinajstić information content (AvgIpc) is 3.25. The number of urea groups is 1. The van der Waals surface area contributed by atoms with E-state index in [0.717, 1.165) is 29.9 Å². The Hall–Kier alpha value is -2.83. The largest absolute Gasteiger partial charge is 0.466 e. The fourth-order valence-corrected chi connectivity index (χ4v) is 3.13. The second kappa shape index (κ2) is 8.03. The normalized spacial score (nSPS) is 16.5. The van der Waals surface area contributed by atoms with E-state index in [1.165, 1.54) is 0 Å². The molecule has 0 aliphatic carbocycles. The Morgan fingerprint density at radius 1 is 1.35 bits per heavy atom. The van der Waals surface area contributed by atoms with E-state index < -0.39 is 0 Å². The molecule has 0 saturated carbocycles. The van der Waals surface area contributed by atoms with Crippen molar-refractivity contribution in [2.75, 3.05) is 18.5 Å². The minimum Gasteiger partial charge on any atom is -0.466 e. The van der Waals surface area contributed by atoms with Crippen molar-refractivity contribution in [3.05, 3.63) is 47.3 Å². The molecule has 1 N–H and O–H groups in total. The molecule has 1 fully saturated rings. The van der Waals surface area contributed by atoms with Crippen LogP contribution in [0.2, 0.25) is 0 Å². The molecule has 1 aromatic heterocycles. The highest BCUT2D eigenvalue weighted by atomic mass is 16.5. The van der Waals surface area contributed by atoms with Crippen LogP contribution in [0.15, 0.2) is 34.9 Å². The molecule has 7 heteroatoms. The van der Waals surface area contributed by atoms with Crippen LogP contribution in [0.1, 0.15) is 42.8 Å². The van der Waals surface area contributed by atoms with Gasteiger partial charge in [-0.2, -0.15) is 0 Å². The van der Waals surface area contributed by atoms with Gasteiger partial charge in [0.1, 0.15) is 0 Å². The van der Waals surface area contributed by atoms with E-state index in [4.69, 9.17) is 9.26 Å². The second-order valence-corrected chi connectivity index (χ2v) is 6.33. The number of benzene rings is 1. The molecule has 1 atom stereocenters. The third-order valence-electron chi connectivity index (χ3n) is 4.35. The number of amides is 2. The van der Waals surface area contributed by atoms with Crippen molar-refractivity contribution in [3.8, 4) is 0 Å². The van der Waals surface area contributed by atoms with Gasteiger partial charge in [0.05, 0.1) is 24.8 Å². The number of hydrogen-bond donors (Lipinski definition) is 1. The first-order chi connectivity index (χ1) is 12.6. The summed E-state index contributed by atoms with van der Waals surface area (Å²) in [6.07, 6.45) is 2.01. The van der Waals surface area contributed by atoms with E-state index in [1.54, 1.807) is 24.0 Å². The lowest BCUT2D eigenvalue weighted by Crippen LogP contribution is -2.34. The van der Waals surface area contributed by atoms with Crippen LogP contribution in [0, 0.1) is 6.92 Å². The van der Waals surface area contributed by atoms with Gasteiger partial charge in [0.25, 0.3) is 0 Å². The summed E-state index contributed by atoms with van der Waals surface area (Å²) in [5.74, 6) is 0.464. The second-order valence-electron chi connectivity index (χ2n) is 6.33. The summed E-state index contributed by atoms with van der Waals surface area (Å²) in [5, 5.41) is 6.82. The molecule has 1 saturated heterocycles. The van der Waals surface area contributed by atoms with Crippen molar-refractivity contribution >= 4 is 17.7 Å². The van der Waals surface area contributed by atoms with Crippen LogP contribution in [0.3, 0.4) is 0 Å². The highest BCUT2D eigenvalue weighted by molar-refractivity contribution is 5.89. The number of anilines is 1. The van der Waals surface area contributed by atoms with Crippen molar-refractivity contribution in [2.45, 2.75) is 39.2 Å². The summed E-state index contributed by atoms with van der Waals surface area (Å²) >= 11 is 0. The minimum atomic E-state index is -0.258. The fraction of sp³-hybridized carbons (Fsp3) is 0.421. The standard InChI is InChI=1S/C19H23N3O4/c1-3-25-18(23)12-14-6-8-15(9-7-14)20-19(24)22-10-4-5-16(22)17-11-13(2)21-26-17/h6-9,11,16H,3-5,10,12H2,1-2H3,(H,20,24). The highest BCUT2D eigenvalue weighted by Gasteiger charge is 2.32. The van der Waals surface area contributed by atoms with Crippen LogP contribution in [-0.2, 0) is 16.0 Å². The number of esters is 1. The Morgan fingerprint density at radius 3 is 2.77 bits per heavy atom. The topological polar surface area (TPSA) is 84.7 Å². The van der Waals surface area contributed by atoms with Crippen LogP contribution in [0.4, 0.5) is 10.5 Å². The van der Waals surface area contributed by atoms with E-state index >= 15 is 0 Å². The third-order valence-corrected chi connectivity index (χ3v) is 4.35. The van der Waals surface area contributed by atoms with Gasteiger partial charge in [-0.05, 0) is 44.4 Å². The molecular formula is C19H23N3O4. The molecule has 1 unspecified atom stereocenters. The van der Waals surface area contributed by atoms with Gasteiger partial charge in [0.15, 0.2) is 5.76 Å². The quantitative estimate of drug-likeness (QED) is 0.829. The van der Waals surface area contributed by atoms with Gasteiger partial charge < -0.3 is 19.5 Å². The summed E-state index contributed by atoms with van der Waals surface area (Å²) in [7, 11) is 0. The van der Waals surface area contributed by atoms with E-state index in [9.17, 15) is 9.59 Å². The lowest BCUT2D eigenvalue weighted by molar-refractivity contribution is -0.142. The van der Waals surface area contributed by atoms with Crippen molar-refractivity contribution in [3.63, 3.8) is 0 Å². The van der Waals surface area contributed by atoms with Crippen LogP contribution in [-0.4, -0.2) is 35.2 Å². The number of likely N-dealkylation sites (tertiary alicyclic amines) is 1. The highest BCUT2D eigenvalue weighted by Crippen LogP contribution is 2.32. The third kappa shape index (κ3) is 4.22. The number of carbonyl (C=O) groups is 2. The van der Waals surface area contributed by atoms with E-state index in [1.807, 2.05) is 25.1 Å². The lowest BCUT2D eigenvalue weighted by atomic mass is 10.1. The number of aryl methyl sites for hydroxylation is 1. The Balaban J connectivity index is 1.61. The maximum atomic E-state index is 12.6. The predicted octanol–water partition coefficient (Wildman–Crippen LogP) is 3.46. The maximum absolute atomic E-state index is 12.6. The summed E-state index contributed by atoms with van der Waals surface area (Å²) < 4.78 is 10.3. The zero-order valence-corrected chi connectivity index (χ0v) is 15.0. The SMILES string of the molecule is CCOC(=O)Cc1ccc(NC(=O)N2CCCC2c2cc(C)no2)cc1. The molecule has 0 radical (unpaired) electrons. The van der Waals surface area contributed by atoms with Crippen molar-refractivity contribution in [1.82, 2.24) is 10.1 Å². The fourth-order valence-electron chi connectivity index (χ4n) is 3.13. The molecule has 3 rings (SSSR count). The number of rotatable bonds is 5. The minimum absolute atomic E-state index is 0.0840. The Bertz CT molecular complexity index is 769. The Labute approximate surface area is 152 Å². The van der Waals surface area contributed by atoms with Gasteiger partial charge in [-0.1, -0.05) is 17.3 Å². The van der Waals surface area contributed by atoms with Crippen LogP contribution < -0.4 is 5.32 Å². The molecular weight excluding hydrogens is 334 g/mol. The lowest BCUT2D eigenvalue weighted by Gasteiger charge is -2.23. The molecule has 1 aliphatic heterocycles. The van der Waals surface area contributed by atoms with Gasteiger partial charge in [-0.3, -0.25) is 4.79 Å². The van der Waals surface area contributed by atoms with Gasteiger partial charge in [-0.25, -0.2) is 4.79 Å². The summed E-state index contributed by atoms with van der Waals surface area (Å²) in [5.41, 5.74) is 2.34. The van der Waals surface area contributed by atoms with Crippen LogP contribution in [0.25, 0.3) is 0 Å². The predicted molar refractivity (Wildman–Crippen MR) is 95.7 cm³/mol. The molecule has 2 heterocycles. The molecule has 138 valence electrons. The monoisotopic (exact) mass is 357 g/mol. The molecule has 2 amide bonds. The average molecular weight is 357 g/mol. The van der Waals surface area contributed by atoms with E-state index in [2.05, 4.69) is 10.5 Å². The maximum Gasteiger partial charge on any atom is 0.322 e. The van der Waals surface area contributed by atoms with Gasteiger partial charge >= 0.3 is 12.0 Å². The molecule has 0 spiro atoms. The number of hydrogen-bond acceptors (Lipinski definition) is 5. The zero-order chi connectivity index (χ0) is 18.5. The van der Waals surface area contributed by atoms with Crippen molar-refractivity contribution < 1.29 is 18.8 Å². The number of ether oxygens (including phenoxy) is 1. The first-order valence-electron chi connectivity index (χ1n) is 8.82. The molecule has 1 aliphatic rings. The van der Waals surface area contributed by atoms with Gasteiger partial charge in [-0.15, -0.1) is 0 Å². The smallest absolute Gasteiger partial charge is 0.322 e. The van der Waals surface area contributed by atoms with Gasteiger partial charge in [0.2, 0.25) is 0 Å². The first kappa shape index (κ1) is 18.0. The van der Waals surface area contributed by atoms with Crippen LogP contribution in [0.5, 0.6) is 0 Å². The number of aromatic nitrogens is 1. The Kier molecular flexibility index (Phi) is 5.55. The number of nitrogens with one attached hydrogen (secondary N) is 1. The number of carbonyl (C=O) groups excluding carboxylic acids is 2. The summed E-state index contributed by atoms with van der Waals surface area (Å²) in [6, 6.07) is 8.83. The summed E-state index contributed by atoms with van der Waals surface area (Å²) in [4.78, 5) is 25.9. The first-order valence-corrected chi connectivity index (χ1v) is 8.82. The zero-order valence-electron chi connectivity index (χ0n) is 15.0. The van der Waals surface area contributed by atoms with Gasteiger partial charge in [0, 0.05) is 18.3 Å². The molecule has 7 nitrogen and oxygen atoms in total. The van der Waals surface area contributed by atoms with Crippen LogP contribution >= 0.6 is 0 Å². The number of nitrogens with zero attached hydrogens (tertiary/aromatic N) is 2. The van der Waals surface area contributed by atoms with Crippen molar-refractivity contribution in [1.29, 1.82) is 0 Å².